The molecule has 11 heteroatoms. The predicted octanol–water partition coefficient (Wildman–Crippen LogP) is 3.44. The summed E-state index contributed by atoms with van der Waals surface area (Å²) in [6.07, 6.45) is -2.85. The predicted molar refractivity (Wildman–Crippen MR) is 84.7 cm³/mol. The van der Waals surface area contributed by atoms with Gasteiger partial charge in [-0.15, -0.1) is 0 Å². The molecule has 0 aliphatic heterocycles. The second kappa shape index (κ2) is 6.67. The van der Waals surface area contributed by atoms with Crippen molar-refractivity contribution in [3.63, 3.8) is 0 Å². The number of anilines is 2. The van der Waals surface area contributed by atoms with E-state index in [-0.39, 0.29) is 22.4 Å². The second-order valence-corrected chi connectivity index (χ2v) is 5.35. The molecule has 3 aromatic rings. The average Bonchev–Trinajstić information content (AvgIpc) is 2.96. The van der Waals surface area contributed by atoms with Gasteiger partial charge in [0.2, 0.25) is 0 Å². The minimum absolute atomic E-state index is 0.0180. The number of amides is 2. The van der Waals surface area contributed by atoms with Gasteiger partial charge in [0.05, 0.1) is 16.8 Å². The first-order valence-electron chi connectivity index (χ1n) is 7.27. The van der Waals surface area contributed by atoms with E-state index in [9.17, 15) is 31.5 Å². The lowest BCUT2D eigenvalue weighted by atomic mass is 10.2. The fourth-order valence-electron chi connectivity index (χ4n) is 2.21. The number of hydrogen-bond donors (Lipinski definition) is 3. The molecule has 0 fully saturated rings. The van der Waals surface area contributed by atoms with E-state index >= 15 is 0 Å². The van der Waals surface area contributed by atoms with Crippen LogP contribution in [0.15, 0.2) is 36.7 Å². The van der Waals surface area contributed by atoms with Crippen LogP contribution in [0.25, 0.3) is 10.9 Å². The van der Waals surface area contributed by atoms with Crippen molar-refractivity contribution in [3.05, 3.63) is 53.9 Å². The molecule has 0 atom stereocenters. The molecule has 3 N–H and O–H groups in total. The average molecular weight is 384 g/mol. The molecule has 0 saturated heterocycles. The Morgan fingerprint density at radius 1 is 1.00 bits per heavy atom. The second-order valence-electron chi connectivity index (χ2n) is 5.35. The van der Waals surface area contributed by atoms with Crippen LogP contribution in [0.2, 0.25) is 0 Å². The van der Waals surface area contributed by atoms with Crippen molar-refractivity contribution in [1.82, 2.24) is 9.97 Å². The van der Waals surface area contributed by atoms with Crippen molar-refractivity contribution in [2.45, 2.75) is 6.18 Å². The number of alkyl halides is 3. The van der Waals surface area contributed by atoms with Crippen molar-refractivity contribution >= 4 is 34.2 Å². The summed E-state index contributed by atoms with van der Waals surface area (Å²) in [5, 5.41) is 4.34. The summed E-state index contributed by atoms with van der Waals surface area (Å²) in [4.78, 5) is 29.8. The lowest BCUT2D eigenvalue weighted by molar-refractivity contribution is -0.137. The van der Waals surface area contributed by atoms with E-state index in [1.165, 1.54) is 6.20 Å². The normalized spacial score (nSPS) is 11.4. The third kappa shape index (κ3) is 3.86. The number of carbonyl (C=O) groups excluding carboxylic acids is 2. The van der Waals surface area contributed by atoms with Crippen LogP contribution < -0.4 is 10.6 Å². The number of aromatic nitrogens is 2. The van der Waals surface area contributed by atoms with E-state index in [0.717, 1.165) is 18.2 Å². The Hall–Kier alpha value is -3.50. The smallest absolute Gasteiger partial charge is 0.359 e. The van der Waals surface area contributed by atoms with E-state index in [2.05, 4.69) is 15.3 Å². The molecule has 2 amide bonds. The highest BCUT2D eigenvalue weighted by Gasteiger charge is 2.30. The first kappa shape index (κ1) is 18.3. The summed E-state index contributed by atoms with van der Waals surface area (Å²) in [5.74, 6) is -4.89. The highest BCUT2D eigenvalue weighted by molar-refractivity contribution is 6.44. The van der Waals surface area contributed by atoms with E-state index in [1.54, 1.807) is 0 Å². The van der Waals surface area contributed by atoms with Crippen molar-refractivity contribution in [2.24, 2.45) is 0 Å². The molecular formula is C16H9F5N4O2. The molecular weight excluding hydrogens is 375 g/mol. The van der Waals surface area contributed by atoms with Gasteiger partial charge in [-0.05, 0) is 18.2 Å². The van der Waals surface area contributed by atoms with Gasteiger partial charge in [0, 0.05) is 23.8 Å². The molecule has 0 saturated carbocycles. The molecule has 3 rings (SSSR count). The van der Waals surface area contributed by atoms with E-state index < -0.39 is 35.2 Å². The molecule has 0 aliphatic rings. The molecule has 0 radical (unpaired) electrons. The molecule has 27 heavy (non-hydrogen) atoms. The van der Waals surface area contributed by atoms with E-state index in [0.29, 0.717) is 12.3 Å². The van der Waals surface area contributed by atoms with Crippen molar-refractivity contribution in [1.29, 1.82) is 0 Å². The van der Waals surface area contributed by atoms with Crippen LogP contribution in [-0.2, 0) is 15.8 Å². The van der Waals surface area contributed by atoms with Gasteiger partial charge < -0.3 is 15.6 Å². The molecule has 2 heterocycles. The minimum Gasteiger partial charge on any atom is -0.359 e. The van der Waals surface area contributed by atoms with Gasteiger partial charge in [-0.1, -0.05) is 0 Å². The zero-order valence-corrected chi connectivity index (χ0v) is 13.1. The van der Waals surface area contributed by atoms with Crippen LogP contribution in [0.5, 0.6) is 0 Å². The number of aromatic amines is 1. The number of benzene rings is 1. The third-order valence-corrected chi connectivity index (χ3v) is 3.51. The van der Waals surface area contributed by atoms with E-state index in [4.69, 9.17) is 0 Å². The van der Waals surface area contributed by atoms with Crippen LogP contribution in [0.1, 0.15) is 5.56 Å². The maximum Gasteiger partial charge on any atom is 0.417 e. The number of fused-ring (bicyclic) bond motifs is 1. The maximum absolute atomic E-state index is 13.3. The summed E-state index contributed by atoms with van der Waals surface area (Å²) >= 11 is 0. The molecule has 0 unspecified atom stereocenters. The van der Waals surface area contributed by atoms with Crippen molar-refractivity contribution < 1.29 is 31.5 Å². The highest BCUT2D eigenvalue weighted by atomic mass is 19.4. The lowest BCUT2D eigenvalue weighted by Gasteiger charge is -2.08. The highest BCUT2D eigenvalue weighted by Crippen LogP contribution is 2.29. The Morgan fingerprint density at radius 3 is 2.30 bits per heavy atom. The van der Waals surface area contributed by atoms with Gasteiger partial charge in [0.15, 0.2) is 11.6 Å². The summed E-state index contributed by atoms with van der Waals surface area (Å²) in [5.41, 5.74) is -0.809. The Balaban J connectivity index is 1.71. The van der Waals surface area contributed by atoms with Crippen molar-refractivity contribution in [3.8, 4) is 0 Å². The molecule has 0 bridgehead atoms. The number of pyridine rings is 1. The van der Waals surface area contributed by atoms with Gasteiger partial charge in [0.25, 0.3) is 0 Å². The van der Waals surface area contributed by atoms with Gasteiger partial charge in [-0.3, -0.25) is 9.59 Å². The number of halogens is 5. The lowest BCUT2D eigenvalue weighted by Crippen LogP contribution is -2.29. The van der Waals surface area contributed by atoms with Gasteiger partial charge in [-0.25, -0.2) is 13.8 Å². The SMILES string of the molecule is O=C(Nc1ccc(C(F)(F)F)cn1)C(=O)Nc1c[nH]c2cc(F)c(F)cc12. The first-order chi connectivity index (χ1) is 12.6. The minimum atomic E-state index is -4.59. The number of H-pyrrole nitrogens is 1. The van der Waals surface area contributed by atoms with Gasteiger partial charge in [0.1, 0.15) is 5.82 Å². The Kier molecular flexibility index (Phi) is 4.52. The number of rotatable bonds is 2. The molecule has 0 aliphatic carbocycles. The van der Waals surface area contributed by atoms with Crippen LogP contribution >= 0.6 is 0 Å². The fraction of sp³-hybridized carbons (Fsp3) is 0.0625. The van der Waals surface area contributed by atoms with Crippen LogP contribution in [0.3, 0.4) is 0 Å². The summed E-state index contributed by atoms with van der Waals surface area (Å²) < 4.78 is 63.9. The topological polar surface area (TPSA) is 86.9 Å². The third-order valence-electron chi connectivity index (χ3n) is 3.51. The maximum atomic E-state index is 13.3. The zero-order chi connectivity index (χ0) is 19.8. The van der Waals surface area contributed by atoms with Crippen LogP contribution in [0, 0.1) is 11.6 Å². The first-order valence-corrected chi connectivity index (χ1v) is 7.27. The van der Waals surface area contributed by atoms with Gasteiger partial charge in [-0.2, -0.15) is 13.2 Å². The quantitative estimate of drug-likeness (QED) is 0.467. The van der Waals surface area contributed by atoms with Gasteiger partial charge >= 0.3 is 18.0 Å². The molecule has 6 nitrogen and oxygen atoms in total. The molecule has 1 aromatic carbocycles. The largest absolute Gasteiger partial charge is 0.417 e. The number of carbonyl (C=O) groups is 2. The molecule has 2 aromatic heterocycles. The van der Waals surface area contributed by atoms with Crippen LogP contribution in [-0.4, -0.2) is 21.8 Å². The number of nitrogens with zero attached hydrogens (tertiary/aromatic N) is 1. The Bertz CT molecular complexity index is 1030. The Morgan fingerprint density at radius 2 is 1.67 bits per heavy atom. The number of nitrogens with one attached hydrogen (secondary N) is 3. The number of hydrogen-bond acceptors (Lipinski definition) is 3. The Labute approximate surface area is 147 Å². The fourth-order valence-corrected chi connectivity index (χ4v) is 2.21. The summed E-state index contributed by atoms with van der Waals surface area (Å²) in [6.45, 7) is 0. The van der Waals surface area contributed by atoms with Crippen LogP contribution in [0.4, 0.5) is 33.5 Å². The van der Waals surface area contributed by atoms with Crippen molar-refractivity contribution in [2.75, 3.05) is 10.6 Å². The standard InChI is InChI=1S/C16H9F5N4O2/c17-9-3-8-11(4-10(9)18)22-6-12(8)24-14(26)15(27)25-13-2-1-7(5-23-13)16(19,20)21/h1-6,22H,(H,24,26)(H,23,25,27). The zero-order valence-electron chi connectivity index (χ0n) is 13.1. The summed E-state index contributed by atoms with van der Waals surface area (Å²) in [6, 6.07) is 3.30. The monoisotopic (exact) mass is 384 g/mol. The van der Waals surface area contributed by atoms with E-state index in [1.807, 2.05) is 5.32 Å². The summed E-state index contributed by atoms with van der Waals surface area (Å²) in [7, 11) is 0. The molecule has 0 spiro atoms. The molecule has 140 valence electrons.